The number of hydrogen-bond donors (Lipinski definition) is 0. The number of ether oxygens (including phenoxy) is 1. The van der Waals surface area contributed by atoms with Crippen molar-refractivity contribution in [2.24, 2.45) is 0 Å². The Morgan fingerprint density at radius 1 is 1.27 bits per heavy atom. The van der Waals surface area contributed by atoms with Crippen LogP contribution in [-0.2, 0) is 16.1 Å². The van der Waals surface area contributed by atoms with E-state index in [9.17, 15) is 4.79 Å². The highest BCUT2D eigenvalue weighted by Crippen LogP contribution is 2.23. The summed E-state index contributed by atoms with van der Waals surface area (Å²) in [5.41, 5.74) is 2.99. The highest BCUT2D eigenvalue weighted by molar-refractivity contribution is 5.77. The van der Waals surface area contributed by atoms with Crippen molar-refractivity contribution in [3.05, 3.63) is 59.7 Å². The van der Waals surface area contributed by atoms with E-state index in [0.29, 0.717) is 6.61 Å². The molecule has 0 aromatic heterocycles. The number of carbonyl (C=O) groups excluding carboxylic acids is 1. The topological polar surface area (TPSA) is 26.3 Å². The summed E-state index contributed by atoms with van der Waals surface area (Å²) in [5, 5.41) is 0. The fraction of sp³-hybridized carbons (Fsp3) is 0.350. The van der Waals surface area contributed by atoms with Crippen LogP contribution in [0.1, 0.15) is 37.7 Å². The van der Waals surface area contributed by atoms with E-state index >= 15 is 0 Å². The summed E-state index contributed by atoms with van der Waals surface area (Å²) >= 11 is 0. The number of carbonyl (C=O) groups is 1. The lowest BCUT2D eigenvalue weighted by Crippen LogP contribution is -2.10. The van der Waals surface area contributed by atoms with Crippen LogP contribution in [0.5, 0.6) is 0 Å². The molecule has 0 aliphatic heterocycles. The molecular weight excluding hydrogens is 272 g/mol. The monoisotopic (exact) mass is 294 g/mol. The van der Waals surface area contributed by atoms with E-state index in [1.807, 2.05) is 36.4 Å². The van der Waals surface area contributed by atoms with E-state index in [0.717, 1.165) is 55.1 Å². The SMILES string of the molecule is C=CCCC(C#CC1=C(C=O)CCC1)OCc1ccccc1. The lowest BCUT2D eigenvalue weighted by molar-refractivity contribution is -0.105. The van der Waals surface area contributed by atoms with Crippen LogP contribution in [0.3, 0.4) is 0 Å². The van der Waals surface area contributed by atoms with Crippen LogP contribution in [0.2, 0.25) is 0 Å². The van der Waals surface area contributed by atoms with Gasteiger partial charge in [0, 0.05) is 11.1 Å². The summed E-state index contributed by atoms with van der Waals surface area (Å²) in [7, 11) is 0. The maximum atomic E-state index is 11.0. The van der Waals surface area contributed by atoms with Gasteiger partial charge in [0.05, 0.1) is 6.61 Å². The van der Waals surface area contributed by atoms with E-state index in [2.05, 4.69) is 18.4 Å². The second kappa shape index (κ2) is 9.02. The molecule has 2 rings (SSSR count). The van der Waals surface area contributed by atoms with Gasteiger partial charge >= 0.3 is 0 Å². The van der Waals surface area contributed by atoms with Gasteiger partial charge in [-0.1, -0.05) is 48.2 Å². The fourth-order valence-electron chi connectivity index (χ4n) is 2.44. The van der Waals surface area contributed by atoms with Crippen molar-refractivity contribution in [1.82, 2.24) is 0 Å². The third kappa shape index (κ3) is 5.02. The molecule has 1 aliphatic rings. The zero-order valence-electron chi connectivity index (χ0n) is 12.9. The van der Waals surface area contributed by atoms with Crippen molar-refractivity contribution in [2.45, 2.75) is 44.8 Å². The molecule has 0 spiro atoms. The lowest BCUT2D eigenvalue weighted by atomic mass is 10.1. The summed E-state index contributed by atoms with van der Waals surface area (Å²) in [4.78, 5) is 11.0. The van der Waals surface area contributed by atoms with Gasteiger partial charge < -0.3 is 4.74 Å². The van der Waals surface area contributed by atoms with Gasteiger partial charge in [-0.3, -0.25) is 4.79 Å². The number of allylic oxidation sites excluding steroid dienone is 3. The Labute approximate surface area is 132 Å². The predicted octanol–water partition coefficient (Wildman–Crippen LogP) is 4.22. The molecule has 0 fully saturated rings. The second-order valence-corrected chi connectivity index (χ2v) is 5.40. The molecule has 2 nitrogen and oxygen atoms in total. The van der Waals surface area contributed by atoms with Gasteiger partial charge in [0.15, 0.2) is 0 Å². The first-order chi connectivity index (χ1) is 10.8. The van der Waals surface area contributed by atoms with Crippen LogP contribution in [0.25, 0.3) is 0 Å². The van der Waals surface area contributed by atoms with Gasteiger partial charge in [0.1, 0.15) is 12.4 Å². The van der Waals surface area contributed by atoms with Gasteiger partial charge in [0.2, 0.25) is 0 Å². The summed E-state index contributed by atoms with van der Waals surface area (Å²) in [6.07, 6.45) is 7.19. The highest BCUT2D eigenvalue weighted by Gasteiger charge is 2.12. The van der Waals surface area contributed by atoms with Gasteiger partial charge in [-0.2, -0.15) is 0 Å². The molecule has 1 unspecified atom stereocenters. The molecule has 0 radical (unpaired) electrons. The summed E-state index contributed by atoms with van der Waals surface area (Å²) in [5.74, 6) is 6.36. The van der Waals surface area contributed by atoms with Gasteiger partial charge in [0.25, 0.3) is 0 Å². The first-order valence-corrected chi connectivity index (χ1v) is 7.78. The fourth-order valence-corrected chi connectivity index (χ4v) is 2.44. The zero-order chi connectivity index (χ0) is 15.6. The Hall–Kier alpha value is -2.11. The van der Waals surface area contributed by atoms with Crippen LogP contribution in [0, 0.1) is 11.8 Å². The molecule has 0 saturated heterocycles. The minimum absolute atomic E-state index is 0.126. The average Bonchev–Trinajstić information content (AvgIpc) is 3.02. The van der Waals surface area contributed by atoms with Crippen molar-refractivity contribution in [2.75, 3.05) is 0 Å². The van der Waals surface area contributed by atoms with E-state index in [1.54, 1.807) is 0 Å². The minimum Gasteiger partial charge on any atom is -0.361 e. The maximum absolute atomic E-state index is 11.0. The average molecular weight is 294 g/mol. The standard InChI is InChI=1S/C20H22O2/c1-2-3-12-20(22-16-17-8-5-4-6-9-17)14-13-18-10-7-11-19(18)15-21/h2,4-6,8-9,15,20H,1,3,7,10-12,16H2. The summed E-state index contributed by atoms with van der Waals surface area (Å²) < 4.78 is 5.93. The molecule has 2 heteroatoms. The molecule has 1 aromatic carbocycles. The quantitative estimate of drug-likeness (QED) is 0.427. The Kier molecular flexibility index (Phi) is 6.67. The molecule has 0 N–H and O–H groups in total. The van der Waals surface area contributed by atoms with E-state index in [1.165, 1.54) is 0 Å². The molecule has 1 aliphatic carbocycles. The van der Waals surface area contributed by atoms with Crippen LogP contribution in [0.15, 0.2) is 54.1 Å². The third-order valence-corrected chi connectivity index (χ3v) is 3.71. The number of rotatable bonds is 7. The molecule has 0 saturated carbocycles. The Balaban J connectivity index is 2.00. The van der Waals surface area contributed by atoms with Crippen LogP contribution in [-0.4, -0.2) is 12.4 Å². The summed E-state index contributed by atoms with van der Waals surface area (Å²) in [6.45, 7) is 4.31. The van der Waals surface area contributed by atoms with Crippen molar-refractivity contribution in [3.63, 3.8) is 0 Å². The maximum Gasteiger partial charge on any atom is 0.146 e. The van der Waals surface area contributed by atoms with Crippen molar-refractivity contribution in [1.29, 1.82) is 0 Å². The first-order valence-electron chi connectivity index (χ1n) is 7.78. The van der Waals surface area contributed by atoms with Gasteiger partial charge in [-0.25, -0.2) is 0 Å². The molecule has 0 heterocycles. The lowest BCUT2D eigenvalue weighted by Gasteiger charge is -2.11. The molecular formula is C20H22O2. The van der Waals surface area contributed by atoms with Crippen molar-refractivity contribution < 1.29 is 9.53 Å². The van der Waals surface area contributed by atoms with Crippen molar-refractivity contribution in [3.8, 4) is 11.8 Å². The van der Waals surface area contributed by atoms with E-state index < -0.39 is 0 Å². The van der Waals surface area contributed by atoms with Crippen LogP contribution < -0.4 is 0 Å². The van der Waals surface area contributed by atoms with E-state index in [-0.39, 0.29) is 6.10 Å². The normalized spacial score (nSPS) is 15.1. The van der Waals surface area contributed by atoms with Gasteiger partial charge in [-0.05, 0) is 37.7 Å². The highest BCUT2D eigenvalue weighted by atomic mass is 16.5. The number of aldehydes is 1. The Bertz CT molecular complexity index is 587. The number of benzene rings is 1. The largest absolute Gasteiger partial charge is 0.361 e. The molecule has 114 valence electrons. The van der Waals surface area contributed by atoms with Crippen LogP contribution >= 0.6 is 0 Å². The molecule has 1 atom stereocenters. The molecule has 0 amide bonds. The Morgan fingerprint density at radius 2 is 2.09 bits per heavy atom. The molecule has 1 aromatic rings. The second-order valence-electron chi connectivity index (χ2n) is 5.40. The Morgan fingerprint density at radius 3 is 2.82 bits per heavy atom. The third-order valence-electron chi connectivity index (χ3n) is 3.71. The molecule has 22 heavy (non-hydrogen) atoms. The number of hydrogen-bond acceptors (Lipinski definition) is 2. The smallest absolute Gasteiger partial charge is 0.146 e. The molecule has 0 bridgehead atoms. The minimum atomic E-state index is -0.126. The summed E-state index contributed by atoms with van der Waals surface area (Å²) in [6, 6.07) is 10.1. The zero-order valence-corrected chi connectivity index (χ0v) is 12.9. The van der Waals surface area contributed by atoms with E-state index in [4.69, 9.17) is 4.74 Å². The van der Waals surface area contributed by atoms with Crippen molar-refractivity contribution >= 4 is 6.29 Å². The van der Waals surface area contributed by atoms with Gasteiger partial charge in [-0.15, -0.1) is 6.58 Å². The predicted molar refractivity (Wildman–Crippen MR) is 89.2 cm³/mol. The van der Waals surface area contributed by atoms with Crippen LogP contribution in [0.4, 0.5) is 0 Å². The first kappa shape index (κ1) is 16.3.